The maximum Gasteiger partial charge on any atom is 0.224 e. The monoisotopic (exact) mass is 389 g/mol. The van der Waals surface area contributed by atoms with Crippen molar-refractivity contribution in [3.05, 3.63) is 48.7 Å². The summed E-state index contributed by atoms with van der Waals surface area (Å²) in [6.07, 6.45) is 7.86. The van der Waals surface area contributed by atoms with E-state index >= 15 is 0 Å². The van der Waals surface area contributed by atoms with Crippen LogP contribution in [0.2, 0.25) is 0 Å². The van der Waals surface area contributed by atoms with Crippen molar-refractivity contribution in [3.63, 3.8) is 0 Å². The number of nitrogens with zero attached hydrogens (tertiary/aromatic N) is 4. The highest BCUT2D eigenvalue weighted by molar-refractivity contribution is 5.85. The minimum Gasteiger partial charge on any atom is -0.361 e. The first-order valence-corrected chi connectivity index (χ1v) is 10.0. The van der Waals surface area contributed by atoms with Crippen LogP contribution in [-0.4, -0.2) is 50.5 Å². The molecule has 29 heavy (non-hydrogen) atoms. The summed E-state index contributed by atoms with van der Waals surface area (Å²) in [6.45, 7) is 2.17. The lowest BCUT2D eigenvalue weighted by Gasteiger charge is -2.32. The van der Waals surface area contributed by atoms with Crippen LogP contribution in [0.4, 0.5) is 5.82 Å². The standard InChI is InChI=1S/C21H23N7O/c29-21(22-8-7-14-10-23-17-6-2-1-5-16(14)17)15-4-3-9-28(11-15)20-18-19(25-12-24-18)26-13-27-20/h1-2,5-6,10,12-13,15,23H,3-4,7-9,11H2,(H,22,29)(H,24,25,26,27)/t15-/m1/s1. The Hall–Kier alpha value is -3.42. The highest BCUT2D eigenvalue weighted by Gasteiger charge is 2.27. The highest BCUT2D eigenvalue weighted by Crippen LogP contribution is 2.26. The van der Waals surface area contributed by atoms with Crippen molar-refractivity contribution in [1.29, 1.82) is 0 Å². The van der Waals surface area contributed by atoms with Crippen molar-refractivity contribution in [2.75, 3.05) is 24.5 Å². The molecule has 1 fully saturated rings. The smallest absolute Gasteiger partial charge is 0.224 e. The van der Waals surface area contributed by atoms with Gasteiger partial charge in [0.05, 0.1) is 12.2 Å². The molecule has 0 saturated carbocycles. The normalized spacial score (nSPS) is 17.1. The average Bonchev–Trinajstić information content (AvgIpc) is 3.41. The first kappa shape index (κ1) is 17.7. The molecule has 4 heterocycles. The van der Waals surface area contributed by atoms with Crippen LogP contribution in [0.15, 0.2) is 43.1 Å². The van der Waals surface area contributed by atoms with Gasteiger partial charge in [-0.3, -0.25) is 4.79 Å². The largest absolute Gasteiger partial charge is 0.361 e. The van der Waals surface area contributed by atoms with Gasteiger partial charge in [-0.1, -0.05) is 18.2 Å². The predicted octanol–water partition coefficient (Wildman–Crippen LogP) is 2.41. The number of aromatic nitrogens is 5. The van der Waals surface area contributed by atoms with Gasteiger partial charge in [0.15, 0.2) is 11.5 Å². The van der Waals surface area contributed by atoms with Crippen molar-refractivity contribution in [2.45, 2.75) is 19.3 Å². The van der Waals surface area contributed by atoms with E-state index in [2.05, 4.69) is 47.3 Å². The van der Waals surface area contributed by atoms with Crippen LogP contribution in [0.3, 0.4) is 0 Å². The molecule has 0 radical (unpaired) electrons. The summed E-state index contributed by atoms with van der Waals surface area (Å²) in [5.41, 5.74) is 3.84. The first-order valence-electron chi connectivity index (χ1n) is 10.0. The van der Waals surface area contributed by atoms with Gasteiger partial charge in [-0.05, 0) is 30.9 Å². The SMILES string of the molecule is O=C(NCCc1c[nH]c2ccccc12)[C@@H]1CCCN(c2ncnc3nc[nH]c23)C1. The zero-order chi connectivity index (χ0) is 19.6. The molecular formula is C21H23N7O. The van der Waals surface area contributed by atoms with Crippen molar-refractivity contribution in [3.8, 4) is 0 Å². The number of carbonyl (C=O) groups excluding carboxylic acids is 1. The second-order valence-electron chi connectivity index (χ2n) is 7.48. The zero-order valence-corrected chi connectivity index (χ0v) is 16.1. The quantitative estimate of drug-likeness (QED) is 0.486. The van der Waals surface area contributed by atoms with Crippen LogP contribution in [0.1, 0.15) is 18.4 Å². The molecule has 148 valence electrons. The van der Waals surface area contributed by atoms with Crippen LogP contribution in [0, 0.1) is 5.92 Å². The van der Waals surface area contributed by atoms with Gasteiger partial charge in [-0.15, -0.1) is 0 Å². The van der Waals surface area contributed by atoms with Crippen molar-refractivity contribution >= 4 is 33.8 Å². The molecule has 4 aromatic rings. The molecule has 3 N–H and O–H groups in total. The van der Waals surface area contributed by atoms with E-state index in [1.165, 1.54) is 17.3 Å². The molecule has 3 aromatic heterocycles. The minimum absolute atomic E-state index is 0.0420. The second kappa shape index (κ2) is 7.54. The number of aromatic amines is 2. The molecule has 5 rings (SSSR count). The first-order chi connectivity index (χ1) is 14.3. The number of fused-ring (bicyclic) bond motifs is 2. The maximum atomic E-state index is 12.8. The molecular weight excluding hydrogens is 366 g/mol. The number of carbonyl (C=O) groups is 1. The Morgan fingerprint density at radius 2 is 2.14 bits per heavy atom. The summed E-state index contributed by atoms with van der Waals surface area (Å²) >= 11 is 0. The summed E-state index contributed by atoms with van der Waals surface area (Å²) in [5.74, 6) is 0.896. The number of rotatable bonds is 5. The van der Waals surface area contributed by atoms with Gasteiger partial charge in [-0.2, -0.15) is 0 Å². The molecule has 8 heteroatoms. The van der Waals surface area contributed by atoms with E-state index in [1.807, 2.05) is 18.3 Å². The number of imidazole rings is 1. The van der Waals surface area contributed by atoms with E-state index in [4.69, 9.17) is 0 Å². The van der Waals surface area contributed by atoms with E-state index in [9.17, 15) is 4.79 Å². The lowest BCUT2D eigenvalue weighted by atomic mass is 9.97. The number of anilines is 1. The highest BCUT2D eigenvalue weighted by atomic mass is 16.1. The molecule has 0 bridgehead atoms. The van der Waals surface area contributed by atoms with Gasteiger partial charge in [0, 0.05) is 36.7 Å². The third-order valence-corrected chi connectivity index (χ3v) is 5.66. The zero-order valence-electron chi connectivity index (χ0n) is 16.1. The number of benzene rings is 1. The maximum absolute atomic E-state index is 12.8. The molecule has 0 aliphatic carbocycles. The van der Waals surface area contributed by atoms with Crippen LogP contribution >= 0.6 is 0 Å². The average molecular weight is 389 g/mol. The van der Waals surface area contributed by atoms with E-state index in [0.717, 1.165) is 42.7 Å². The molecule has 1 aromatic carbocycles. The van der Waals surface area contributed by atoms with Gasteiger partial charge in [0.1, 0.15) is 11.8 Å². The Labute approximate surface area is 167 Å². The molecule has 0 unspecified atom stereocenters. The minimum atomic E-state index is -0.0420. The summed E-state index contributed by atoms with van der Waals surface area (Å²) in [5, 5.41) is 4.35. The topological polar surface area (TPSA) is 103 Å². The Kier molecular flexibility index (Phi) is 4.59. The van der Waals surface area contributed by atoms with Crippen LogP contribution in [0.25, 0.3) is 22.1 Å². The summed E-state index contributed by atoms with van der Waals surface area (Å²) in [6, 6.07) is 8.24. The van der Waals surface area contributed by atoms with Gasteiger partial charge >= 0.3 is 0 Å². The lowest BCUT2D eigenvalue weighted by Crippen LogP contribution is -2.43. The number of H-pyrrole nitrogens is 2. The summed E-state index contributed by atoms with van der Waals surface area (Å²) < 4.78 is 0. The number of nitrogens with one attached hydrogen (secondary N) is 3. The molecule has 8 nitrogen and oxygen atoms in total. The van der Waals surface area contributed by atoms with E-state index in [0.29, 0.717) is 18.7 Å². The molecule has 1 atom stereocenters. The summed E-state index contributed by atoms with van der Waals surface area (Å²) in [4.78, 5) is 34.1. The van der Waals surface area contributed by atoms with Crippen LogP contribution < -0.4 is 10.2 Å². The van der Waals surface area contributed by atoms with Crippen molar-refractivity contribution in [2.24, 2.45) is 5.92 Å². The Bertz CT molecular complexity index is 1150. The van der Waals surface area contributed by atoms with Crippen LogP contribution in [-0.2, 0) is 11.2 Å². The Balaban J connectivity index is 1.21. The summed E-state index contributed by atoms with van der Waals surface area (Å²) in [7, 11) is 0. The molecule has 1 amide bonds. The molecule has 1 aliphatic heterocycles. The van der Waals surface area contributed by atoms with Crippen molar-refractivity contribution in [1.82, 2.24) is 30.2 Å². The Morgan fingerprint density at radius 3 is 3.10 bits per heavy atom. The van der Waals surface area contributed by atoms with E-state index in [1.54, 1.807) is 6.33 Å². The fourth-order valence-corrected chi connectivity index (χ4v) is 4.18. The third kappa shape index (κ3) is 3.41. The van der Waals surface area contributed by atoms with Gasteiger partial charge < -0.3 is 20.2 Å². The van der Waals surface area contributed by atoms with Crippen LogP contribution in [0.5, 0.6) is 0 Å². The fraction of sp³-hybridized carbons (Fsp3) is 0.333. The van der Waals surface area contributed by atoms with Gasteiger partial charge in [0.25, 0.3) is 0 Å². The van der Waals surface area contributed by atoms with Gasteiger partial charge in [0.2, 0.25) is 5.91 Å². The molecule has 1 aliphatic rings. The second-order valence-corrected chi connectivity index (χ2v) is 7.48. The fourth-order valence-electron chi connectivity index (χ4n) is 4.18. The van der Waals surface area contributed by atoms with E-state index < -0.39 is 0 Å². The predicted molar refractivity (Wildman–Crippen MR) is 112 cm³/mol. The number of para-hydroxylation sites is 1. The lowest BCUT2D eigenvalue weighted by molar-refractivity contribution is -0.125. The number of piperidine rings is 1. The van der Waals surface area contributed by atoms with Crippen molar-refractivity contribution < 1.29 is 4.79 Å². The molecule has 1 saturated heterocycles. The number of hydrogen-bond acceptors (Lipinski definition) is 5. The van der Waals surface area contributed by atoms with E-state index in [-0.39, 0.29) is 11.8 Å². The third-order valence-electron chi connectivity index (χ3n) is 5.66. The number of amides is 1. The molecule has 0 spiro atoms. The Morgan fingerprint density at radius 1 is 1.21 bits per heavy atom. The van der Waals surface area contributed by atoms with Gasteiger partial charge in [-0.25, -0.2) is 15.0 Å². The number of hydrogen-bond donors (Lipinski definition) is 3.